The van der Waals surface area contributed by atoms with Crippen molar-refractivity contribution in [2.75, 3.05) is 0 Å². The Morgan fingerprint density at radius 3 is 1.03 bits per heavy atom. The summed E-state index contributed by atoms with van der Waals surface area (Å²) >= 11 is 0. The quantitative estimate of drug-likeness (QED) is 0.135. The topological polar surface area (TPSA) is 30.7 Å². The maximum atomic E-state index is 4.82. The van der Waals surface area contributed by atoms with Crippen molar-refractivity contribution >= 4 is 53.9 Å². The molecule has 0 aliphatic rings. The lowest BCUT2D eigenvalue weighted by atomic mass is 9.80. The minimum Gasteiger partial charge on any atom is -0.275 e. The molecule has 0 saturated heterocycles. The first-order valence-corrected chi connectivity index (χ1v) is 27.1. The van der Waals surface area contributed by atoms with Crippen LogP contribution >= 0.6 is 0 Å². The predicted octanol–water partition coefficient (Wildman–Crippen LogP) is 20.4. The van der Waals surface area contributed by atoms with E-state index < -0.39 is 0 Å². The Morgan fingerprint density at radius 2 is 0.532 bits per heavy atom. The van der Waals surface area contributed by atoms with Gasteiger partial charge in [-0.15, -0.1) is 10.2 Å². The van der Waals surface area contributed by atoms with Crippen LogP contribution in [0.5, 0.6) is 0 Å². The van der Waals surface area contributed by atoms with Crippen molar-refractivity contribution < 1.29 is 0 Å². The third-order valence-corrected chi connectivity index (χ3v) is 15.9. The number of para-hydroxylation sites is 1. The summed E-state index contributed by atoms with van der Waals surface area (Å²) in [5.74, 6) is 1.60. The number of nitrogens with zero attached hydrogens (tertiary/aromatic N) is 3. The van der Waals surface area contributed by atoms with E-state index in [4.69, 9.17) is 10.2 Å². The van der Waals surface area contributed by atoms with Gasteiger partial charge < -0.3 is 0 Å². The molecule has 0 atom stereocenters. The highest BCUT2D eigenvalue weighted by atomic mass is 15.3. The van der Waals surface area contributed by atoms with Gasteiger partial charge in [-0.25, -0.2) is 0 Å². The van der Waals surface area contributed by atoms with E-state index in [-0.39, 0.29) is 0 Å². The Balaban J connectivity index is 0.939. The van der Waals surface area contributed by atoms with Crippen LogP contribution in [0.1, 0.15) is 0 Å². The fraction of sp³-hybridized carbons (Fsp3) is 0. The van der Waals surface area contributed by atoms with E-state index in [1.54, 1.807) is 0 Å². The lowest BCUT2D eigenvalue weighted by molar-refractivity contribution is 1.07. The Bertz CT molecular complexity index is 4750. The molecule has 1 aromatic heterocycles. The molecule has 15 rings (SSSR count). The van der Waals surface area contributed by atoms with E-state index in [0.717, 1.165) is 39.2 Å². The smallest absolute Gasteiger partial charge is 0.168 e. The van der Waals surface area contributed by atoms with Crippen LogP contribution in [0.15, 0.2) is 297 Å². The highest BCUT2D eigenvalue weighted by Gasteiger charge is 2.24. The summed E-state index contributed by atoms with van der Waals surface area (Å²) in [5.41, 5.74) is 17.5. The maximum Gasteiger partial charge on any atom is 0.168 e. The number of hydrogen-bond acceptors (Lipinski definition) is 2. The molecule has 0 saturated carbocycles. The summed E-state index contributed by atoms with van der Waals surface area (Å²) in [4.78, 5) is 0. The minimum absolute atomic E-state index is 0.797. The van der Waals surface area contributed by atoms with Gasteiger partial charge in [-0.1, -0.05) is 267 Å². The molecule has 0 amide bonds. The number of benzene rings is 14. The highest BCUT2D eigenvalue weighted by molar-refractivity contribution is 6.26. The summed E-state index contributed by atoms with van der Waals surface area (Å²) in [6, 6.07) is 108. The van der Waals surface area contributed by atoms with Crippen molar-refractivity contribution in [1.29, 1.82) is 0 Å². The van der Waals surface area contributed by atoms with Gasteiger partial charge in [0.25, 0.3) is 0 Å². The first-order chi connectivity index (χ1) is 39.2. The van der Waals surface area contributed by atoms with Crippen LogP contribution in [0.2, 0.25) is 0 Å². The lowest BCUT2D eigenvalue weighted by Gasteiger charge is -2.22. The summed E-state index contributed by atoms with van der Waals surface area (Å²) in [6.07, 6.45) is 0. The van der Waals surface area contributed by atoms with Gasteiger partial charge in [0.05, 0.1) is 0 Å². The van der Waals surface area contributed by atoms with Crippen molar-refractivity contribution in [3.8, 4) is 95.2 Å². The van der Waals surface area contributed by atoms with Crippen molar-refractivity contribution in [3.63, 3.8) is 0 Å². The standard InChI is InChI=1S/C76H49N3/c1-5-23-50(24-6-1)59-31-13-15-33-61(59)73-67-39-21-22-40-68(67)74(62-34-16-14-32-60(62)51-25-7-2-8-26-51)70-49-56(45-46-69(70)73)72-65-37-19-17-35-63(65)71(64-36-18-20-38-66(64)72)55-43-41-54-48-57(44-42-53(54)47-55)76-78-77-75(52-27-9-3-10-28-52)79(76)58-29-11-4-12-30-58/h1-49H. The molecule has 0 fully saturated rings. The van der Waals surface area contributed by atoms with Crippen molar-refractivity contribution in [2.45, 2.75) is 0 Å². The molecule has 0 unspecified atom stereocenters. The van der Waals surface area contributed by atoms with Crippen LogP contribution in [-0.2, 0) is 0 Å². The zero-order valence-electron chi connectivity index (χ0n) is 43.1. The summed E-state index contributed by atoms with van der Waals surface area (Å²) in [5, 5.41) is 21.6. The Kier molecular flexibility index (Phi) is 11.2. The van der Waals surface area contributed by atoms with Crippen LogP contribution in [0, 0.1) is 0 Å². The van der Waals surface area contributed by atoms with Gasteiger partial charge in [-0.3, -0.25) is 4.57 Å². The van der Waals surface area contributed by atoms with Gasteiger partial charge in [-0.2, -0.15) is 0 Å². The molecule has 0 bridgehead atoms. The zero-order valence-corrected chi connectivity index (χ0v) is 43.1. The molecule has 0 aliphatic heterocycles. The van der Waals surface area contributed by atoms with Gasteiger partial charge in [0.1, 0.15) is 0 Å². The second kappa shape index (κ2) is 19.3. The fourth-order valence-corrected chi connectivity index (χ4v) is 12.4. The van der Waals surface area contributed by atoms with E-state index in [1.165, 1.54) is 110 Å². The van der Waals surface area contributed by atoms with E-state index in [0.29, 0.717) is 0 Å². The Morgan fingerprint density at radius 1 is 0.203 bits per heavy atom. The minimum atomic E-state index is 0.797. The molecule has 79 heavy (non-hydrogen) atoms. The van der Waals surface area contributed by atoms with Gasteiger partial charge in [0, 0.05) is 16.8 Å². The first-order valence-electron chi connectivity index (χ1n) is 27.1. The van der Waals surface area contributed by atoms with Crippen LogP contribution < -0.4 is 0 Å². The maximum absolute atomic E-state index is 4.82. The number of fused-ring (bicyclic) bond motifs is 5. The predicted molar refractivity (Wildman–Crippen MR) is 332 cm³/mol. The van der Waals surface area contributed by atoms with E-state index in [9.17, 15) is 0 Å². The second-order valence-electron chi connectivity index (χ2n) is 20.4. The second-order valence-corrected chi connectivity index (χ2v) is 20.4. The molecule has 14 aromatic carbocycles. The van der Waals surface area contributed by atoms with Gasteiger partial charge in [0.2, 0.25) is 0 Å². The average molecular weight is 1000 g/mol. The van der Waals surface area contributed by atoms with Crippen LogP contribution in [0.25, 0.3) is 149 Å². The van der Waals surface area contributed by atoms with Crippen molar-refractivity contribution in [2.24, 2.45) is 0 Å². The summed E-state index contributed by atoms with van der Waals surface area (Å²) in [6.45, 7) is 0. The third kappa shape index (κ3) is 7.82. The van der Waals surface area contributed by atoms with Crippen molar-refractivity contribution in [1.82, 2.24) is 14.8 Å². The largest absolute Gasteiger partial charge is 0.275 e. The molecular weight excluding hydrogens is 955 g/mol. The van der Waals surface area contributed by atoms with E-state index in [2.05, 4.69) is 278 Å². The van der Waals surface area contributed by atoms with E-state index in [1.807, 2.05) is 24.3 Å². The fourth-order valence-electron chi connectivity index (χ4n) is 12.4. The third-order valence-electron chi connectivity index (χ3n) is 15.9. The molecule has 3 heteroatoms. The Hall–Kier alpha value is -10.5. The van der Waals surface area contributed by atoms with Gasteiger partial charge in [0.15, 0.2) is 11.6 Å². The zero-order chi connectivity index (χ0) is 52.2. The normalized spacial score (nSPS) is 11.5. The van der Waals surface area contributed by atoms with Crippen LogP contribution in [-0.4, -0.2) is 14.8 Å². The van der Waals surface area contributed by atoms with E-state index >= 15 is 0 Å². The molecule has 0 radical (unpaired) electrons. The van der Waals surface area contributed by atoms with Gasteiger partial charge in [-0.05, 0) is 151 Å². The summed E-state index contributed by atoms with van der Waals surface area (Å²) < 4.78 is 2.16. The number of hydrogen-bond donors (Lipinski definition) is 0. The highest BCUT2D eigenvalue weighted by Crippen LogP contribution is 2.51. The number of rotatable bonds is 9. The average Bonchev–Trinajstić information content (AvgIpc) is 4.06. The molecule has 15 aromatic rings. The molecule has 3 nitrogen and oxygen atoms in total. The van der Waals surface area contributed by atoms with Crippen LogP contribution in [0.3, 0.4) is 0 Å². The number of aromatic nitrogens is 3. The molecular formula is C76H49N3. The Labute approximate surface area is 458 Å². The molecule has 0 aliphatic carbocycles. The molecule has 0 N–H and O–H groups in total. The van der Waals surface area contributed by atoms with Crippen LogP contribution in [0.4, 0.5) is 0 Å². The lowest BCUT2D eigenvalue weighted by Crippen LogP contribution is -2.00. The molecule has 368 valence electrons. The monoisotopic (exact) mass is 1000 g/mol. The first kappa shape index (κ1) is 45.9. The molecule has 0 spiro atoms. The SMILES string of the molecule is c1ccc(-c2ccccc2-c2c3ccccc3c(-c3ccccc3-c3ccccc3)c3cc(-c4c5ccccc5c(-c5ccc6cc(-c7nnc(-c8ccccc8)n7-c7ccccc7)ccc6c5)c5ccccc45)ccc23)cc1. The van der Waals surface area contributed by atoms with Gasteiger partial charge >= 0.3 is 0 Å². The molecule has 1 heterocycles. The van der Waals surface area contributed by atoms with Crippen molar-refractivity contribution in [3.05, 3.63) is 297 Å². The summed E-state index contributed by atoms with van der Waals surface area (Å²) in [7, 11) is 0.